The zero-order chi connectivity index (χ0) is 20.7. The van der Waals surface area contributed by atoms with E-state index >= 15 is 0 Å². The molecule has 2 aromatic carbocycles. The van der Waals surface area contributed by atoms with Gasteiger partial charge in [0.1, 0.15) is 0 Å². The molecule has 4 rings (SSSR count). The van der Waals surface area contributed by atoms with Crippen molar-refractivity contribution in [1.29, 1.82) is 0 Å². The first-order chi connectivity index (χ1) is 13.8. The molecule has 1 aliphatic carbocycles. The largest absolute Gasteiger partial charge is 0.449 e. The van der Waals surface area contributed by atoms with Crippen LogP contribution in [0.4, 0.5) is 5.69 Å². The fourth-order valence-electron chi connectivity index (χ4n) is 3.02. The van der Waals surface area contributed by atoms with Gasteiger partial charge >= 0.3 is 5.97 Å². The average molecular weight is 413 g/mol. The number of ether oxygens (including phenoxy) is 1. The van der Waals surface area contributed by atoms with Gasteiger partial charge in [0.25, 0.3) is 17.7 Å². The molecule has 0 radical (unpaired) electrons. The fraction of sp³-hybridized carbons (Fsp3) is 0.238. The fourth-order valence-corrected chi connectivity index (χ4v) is 3.15. The Morgan fingerprint density at radius 1 is 1.07 bits per heavy atom. The number of benzene rings is 2. The molecule has 1 N–H and O–H groups in total. The van der Waals surface area contributed by atoms with Crippen LogP contribution in [-0.4, -0.2) is 35.8 Å². The summed E-state index contributed by atoms with van der Waals surface area (Å²) in [6.45, 7) is 1.49. The molecule has 3 amide bonds. The lowest BCUT2D eigenvalue weighted by Crippen LogP contribution is -2.37. The van der Waals surface area contributed by atoms with Gasteiger partial charge in [-0.2, -0.15) is 0 Å². The maximum Gasteiger partial charge on any atom is 0.338 e. The predicted molar refractivity (Wildman–Crippen MR) is 105 cm³/mol. The molecule has 1 aliphatic heterocycles. The van der Waals surface area contributed by atoms with Crippen LogP contribution in [0.3, 0.4) is 0 Å². The van der Waals surface area contributed by atoms with E-state index < -0.39 is 23.9 Å². The zero-order valence-corrected chi connectivity index (χ0v) is 16.2. The van der Waals surface area contributed by atoms with Gasteiger partial charge in [-0.25, -0.2) is 9.69 Å². The van der Waals surface area contributed by atoms with Crippen LogP contribution in [-0.2, 0) is 9.53 Å². The lowest BCUT2D eigenvalue weighted by Gasteiger charge is -2.13. The number of amides is 3. The van der Waals surface area contributed by atoms with Crippen LogP contribution in [0.2, 0.25) is 5.02 Å². The van der Waals surface area contributed by atoms with Gasteiger partial charge in [0.15, 0.2) is 6.10 Å². The summed E-state index contributed by atoms with van der Waals surface area (Å²) in [6, 6.07) is 10.6. The molecular formula is C21H17ClN2O5. The topological polar surface area (TPSA) is 92.8 Å². The number of carbonyl (C=O) groups is 4. The number of carbonyl (C=O) groups excluding carboxylic acids is 4. The number of anilines is 1. The normalized spacial score (nSPS) is 16.4. The Morgan fingerprint density at radius 2 is 1.72 bits per heavy atom. The minimum Gasteiger partial charge on any atom is -0.449 e. The summed E-state index contributed by atoms with van der Waals surface area (Å²) in [4.78, 5) is 50.8. The Balaban J connectivity index is 1.53. The molecular weight excluding hydrogens is 396 g/mol. The van der Waals surface area contributed by atoms with E-state index in [0.717, 1.165) is 17.7 Å². The molecule has 1 atom stereocenters. The van der Waals surface area contributed by atoms with Gasteiger partial charge in [-0.05, 0) is 62.2 Å². The molecule has 29 heavy (non-hydrogen) atoms. The summed E-state index contributed by atoms with van der Waals surface area (Å²) in [5.41, 5.74) is 0.777. The number of imide groups is 1. The highest BCUT2D eigenvalue weighted by molar-refractivity contribution is 6.35. The highest BCUT2D eigenvalue weighted by Gasteiger charge is 2.37. The summed E-state index contributed by atoms with van der Waals surface area (Å²) >= 11 is 5.86. The molecule has 0 bridgehead atoms. The zero-order valence-electron chi connectivity index (χ0n) is 15.5. The van der Waals surface area contributed by atoms with Gasteiger partial charge in [-0.15, -0.1) is 0 Å². The van der Waals surface area contributed by atoms with Gasteiger partial charge in [0, 0.05) is 11.1 Å². The molecule has 2 aliphatic rings. The average Bonchev–Trinajstić information content (AvgIpc) is 3.48. The molecule has 0 saturated heterocycles. The molecule has 1 saturated carbocycles. The van der Waals surface area contributed by atoms with E-state index in [1.54, 1.807) is 24.3 Å². The third-order valence-corrected chi connectivity index (χ3v) is 5.04. The number of hydrogen-bond acceptors (Lipinski definition) is 5. The number of rotatable bonds is 5. The van der Waals surface area contributed by atoms with Crippen molar-refractivity contribution < 1.29 is 23.9 Å². The molecule has 0 aromatic heterocycles. The maximum absolute atomic E-state index is 12.8. The van der Waals surface area contributed by atoms with Crippen LogP contribution in [0, 0.1) is 0 Å². The van der Waals surface area contributed by atoms with Crippen molar-refractivity contribution in [2.24, 2.45) is 0 Å². The van der Waals surface area contributed by atoms with Gasteiger partial charge in [-0.1, -0.05) is 11.6 Å². The molecule has 1 fully saturated rings. The Labute approximate surface area is 171 Å². The van der Waals surface area contributed by atoms with Crippen LogP contribution in [0.15, 0.2) is 42.5 Å². The van der Waals surface area contributed by atoms with Gasteiger partial charge < -0.3 is 10.1 Å². The van der Waals surface area contributed by atoms with Crippen molar-refractivity contribution in [3.05, 3.63) is 64.2 Å². The second-order valence-electron chi connectivity index (χ2n) is 7.01. The molecule has 2 aromatic rings. The molecule has 1 heterocycles. The van der Waals surface area contributed by atoms with Crippen LogP contribution in [0.25, 0.3) is 0 Å². The van der Waals surface area contributed by atoms with Crippen molar-refractivity contribution in [3.8, 4) is 0 Å². The van der Waals surface area contributed by atoms with E-state index in [4.69, 9.17) is 16.3 Å². The van der Waals surface area contributed by atoms with E-state index in [1.807, 2.05) is 0 Å². The van der Waals surface area contributed by atoms with Gasteiger partial charge in [-0.3, -0.25) is 14.4 Å². The third kappa shape index (κ3) is 3.73. The van der Waals surface area contributed by atoms with Crippen LogP contribution in [0.1, 0.15) is 50.8 Å². The van der Waals surface area contributed by atoms with Crippen LogP contribution in [0.5, 0.6) is 0 Å². The number of nitrogens with one attached hydrogen (secondary N) is 1. The molecule has 0 spiro atoms. The summed E-state index contributed by atoms with van der Waals surface area (Å²) in [5.74, 6) is -2.12. The Morgan fingerprint density at radius 3 is 2.38 bits per heavy atom. The quantitative estimate of drug-likeness (QED) is 0.602. The van der Waals surface area contributed by atoms with Crippen LogP contribution < -0.4 is 10.2 Å². The maximum atomic E-state index is 12.8. The summed E-state index contributed by atoms with van der Waals surface area (Å²) in [5, 5.41) is 3.24. The van der Waals surface area contributed by atoms with Gasteiger partial charge in [0.2, 0.25) is 0 Å². The van der Waals surface area contributed by atoms with E-state index in [2.05, 4.69) is 5.32 Å². The third-order valence-electron chi connectivity index (χ3n) is 4.78. The number of nitrogens with zero attached hydrogens (tertiary/aromatic N) is 1. The van der Waals surface area contributed by atoms with Crippen molar-refractivity contribution >= 4 is 41.0 Å². The molecule has 0 unspecified atom stereocenters. The first-order valence-electron chi connectivity index (χ1n) is 9.15. The lowest BCUT2D eigenvalue weighted by molar-refractivity contribution is -0.129. The number of fused-ring (bicyclic) bond motifs is 1. The van der Waals surface area contributed by atoms with E-state index in [1.165, 1.54) is 25.1 Å². The van der Waals surface area contributed by atoms with Crippen LogP contribution >= 0.6 is 11.6 Å². The summed E-state index contributed by atoms with van der Waals surface area (Å²) in [6.07, 6.45) is 0.897. The number of esters is 1. The highest BCUT2D eigenvalue weighted by Crippen LogP contribution is 2.30. The van der Waals surface area contributed by atoms with Gasteiger partial charge in [0.05, 0.1) is 22.4 Å². The van der Waals surface area contributed by atoms with E-state index in [9.17, 15) is 19.2 Å². The Hall–Kier alpha value is -3.19. The second kappa shape index (κ2) is 7.33. The molecule has 148 valence electrons. The van der Waals surface area contributed by atoms with Crippen molar-refractivity contribution in [2.45, 2.75) is 31.9 Å². The number of hydrogen-bond donors (Lipinski definition) is 1. The first kappa shape index (κ1) is 19.1. The minimum absolute atomic E-state index is 0.0916. The standard InChI is InChI=1S/C21H17ClN2O5/c1-11(18(25)23-14-5-6-14)29-21(28)12-2-9-16-17(10-12)20(27)24(19(16)26)15-7-3-13(22)4-8-15/h2-4,7-11,14H,5-6H2,1H3,(H,23,25)/t11-/m0/s1. The highest BCUT2D eigenvalue weighted by atomic mass is 35.5. The van der Waals surface area contributed by atoms with E-state index in [0.29, 0.717) is 10.7 Å². The smallest absolute Gasteiger partial charge is 0.338 e. The summed E-state index contributed by atoms with van der Waals surface area (Å²) < 4.78 is 5.20. The Bertz CT molecular complexity index is 1030. The van der Waals surface area contributed by atoms with E-state index in [-0.39, 0.29) is 28.6 Å². The molecule has 7 nitrogen and oxygen atoms in total. The lowest BCUT2D eigenvalue weighted by atomic mass is 10.1. The second-order valence-corrected chi connectivity index (χ2v) is 7.45. The summed E-state index contributed by atoms with van der Waals surface area (Å²) in [7, 11) is 0. The minimum atomic E-state index is -0.959. The predicted octanol–water partition coefficient (Wildman–Crippen LogP) is 2.96. The Kier molecular flexibility index (Phi) is 4.84. The SMILES string of the molecule is C[C@H](OC(=O)c1ccc2c(c1)C(=O)N(c1ccc(Cl)cc1)C2=O)C(=O)NC1CC1. The van der Waals surface area contributed by atoms with Crippen molar-refractivity contribution in [2.75, 3.05) is 4.90 Å². The molecule has 8 heteroatoms. The van der Waals surface area contributed by atoms with Crippen molar-refractivity contribution in [3.63, 3.8) is 0 Å². The first-order valence-corrected chi connectivity index (χ1v) is 9.52. The monoisotopic (exact) mass is 412 g/mol. The van der Waals surface area contributed by atoms with Crippen molar-refractivity contribution in [1.82, 2.24) is 5.32 Å². The number of halogens is 1.